The van der Waals surface area contributed by atoms with Crippen LogP contribution in [0.5, 0.6) is 0 Å². The Kier molecular flexibility index (Phi) is 24.4. The van der Waals surface area contributed by atoms with Crippen molar-refractivity contribution in [3.8, 4) is 0 Å². The maximum atomic E-state index is 8.88. The van der Waals surface area contributed by atoms with E-state index in [2.05, 4.69) is 28.1 Å². The van der Waals surface area contributed by atoms with Crippen molar-refractivity contribution in [2.75, 3.05) is 27.7 Å². The lowest BCUT2D eigenvalue weighted by Gasteiger charge is -2.23. The molecule has 0 unspecified atom stereocenters. The van der Waals surface area contributed by atoms with Gasteiger partial charge < -0.3 is 36.1 Å². The van der Waals surface area contributed by atoms with Crippen LogP contribution in [-0.2, 0) is 4.57 Å². The molecule has 0 atom stereocenters. The molecule has 0 aromatic rings. The zero-order valence-corrected chi connectivity index (χ0v) is 20.1. The van der Waals surface area contributed by atoms with E-state index in [1.54, 1.807) is 0 Å². The molecule has 162 valence electrons. The minimum Gasteiger partial charge on any atom is -1.00 e. The highest BCUT2D eigenvalue weighted by atomic mass is 79.9. The molecular formula is C19H45BrNO4P. The summed E-state index contributed by atoms with van der Waals surface area (Å²) in [6.45, 7) is 3.63. The van der Waals surface area contributed by atoms with Crippen LogP contribution in [0.1, 0.15) is 96.8 Å². The minimum atomic E-state index is -4.64. The Balaban J connectivity index is -0.000000772. The molecule has 0 saturated heterocycles. The first kappa shape index (κ1) is 31.3. The van der Waals surface area contributed by atoms with Crippen LogP contribution in [0.2, 0.25) is 0 Å². The third kappa shape index (κ3) is 44.2. The van der Waals surface area contributed by atoms with Crippen molar-refractivity contribution < 1.29 is 40.7 Å². The topological polar surface area (TPSA) is 77.8 Å². The molecule has 0 heterocycles. The number of hydrogen-bond donors (Lipinski definition) is 3. The number of nitrogens with zero attached hydrogens (tertiary/aromatic N) is 1. The predicted molar refractivity (Wildman–Crippen MR) is 107 cm³/mol. The fourth-order valence-corrected chi connectivity index (χ4v) is 2.78. The maximum absolute atomic E-state index is 8.88. The number of phosphoric acid groups is 1. The Morgan fingerprint density at radius 1 is 0.615 bits per heavy atom. The van der Waals surface area contributed by atoms with Gasteiger partial charge in [-0.15, -0.1) is 0 Å². The summed E-state index contributed by atoms with van der Waals surface area (Å²) in [5.41, 5.74) is 0. The highest BCUT2D eigenvalue weighted by Gasteiger charge is 2.04. The van der Waals surface area contributed by atoms with E-state index < -0.39 is 7.82 Å². The Labute approximate surface area is 173 Å². The molecule has 0 aliphatic carbocycles. The number of rotatable bonds is 15. The van der Waals surface area contributed by atoms with Gasteiger partial charge in [-0.25, -0.2) is 4.57 Å². The van der Waals surface area contributed by atoms with Gasteiger partial charge >= 0.3 is 7.82 Å². The van der Waals surface area contributed by atoms with E-state index in [9.17, 15) is 0 Å². The van der Waals surface area contributed by atoms with Gasteiger partial charge in [-0.1, -0.05) is 84.0 Å². The van der Waals surface area contributed by atoms with Gasteiger partial charge in [0, 0.05) is 0 Å². The molecule has 3 N–H and O–H groups in total. The van der Waals surface area contributed by atoms with Crippen LogP contribution in [0.15, 0.2) is 0 Å². The van der Waals surface area contributed by atoms with E-state index in [0.717, 1.165) is 4.48 Å². The zero-order valence-electron chi connectivity index (χ0n) is 17.6. The van der Waals surface area contributed by atoms with Crippen molar-refractivity contribution in [3.05, 3.63) is 0 Å². The molecule has 0 aliphatic rings. The standard InChI is InChI=1S/C19H42N.BrH.H3O4P/c1-5-6-7-8-9-10-11-12-13-14-15-16-17-18-19-20(2,3)4;;1-5(2,3)4/h5-19H2,1-4H3;1H;(H3,1,2,3,4)/q+1;;/p-1. The lowest BCUT2D eigenvalue weighted by atomic mass is 10.0. The third-order valence-corrected chi connectivity index (χ3v) is 4.18. The second-order valence-corrected chi connectivity index (χ2v) is 9.15. The summed E-state index contributed by atoms with van der Waals surface area (Å²) in [6.07, 6.45) is 20.4. The van der Waals surface area contributed by atoms with E-state index in [0.29, 0.717) is 0 Å². The van der Waals surface area contributed by atoms with Crippen molar-refractivity contribution in [2.24, 2.45) is 0 Å². The van der Waals surface area contributed by atoms with E-state index in [1.807, 2.05) is 0 Å². The first-order valence-electron chi connectivity index (χ1n) is 10.1. The average molecular weight is 462 g/mol. The molecule has 5 nitrogen and oxygen atoms in total. The number of quaternary nitrogens is 1. The molecule has 0 aliphatic heterocycles. The highest BCUT2D eigenvalue weighted by Crippen LogP contribution is 2.25. The van der Waals surface area contributed by atoms with Crippen LogP contribution in [0.25, 0.3) is 0 Å². The first-order valence-corrected chi connectivity index (χ1v) is 11.7. The molecule has 0 fully saturated rings. The molecule has 0 amide bonds. The fourth-order valence-electron chi connectivity index (χ4n) is 2.78. The van der Waals surface area contributed by atoms with Gasteiger partial charge in [0.15, 0.2) is 0 Å². The number of hydrogen-bond acceptors (Lipinski definition) is 1. The summed E-state index contributed by atoms with van der Waals surface area (Å²) < 4.78 is 10.0. The van der Waals surface area contributed by atoms with Crippen molar-refractivity contribution >= 4 is 7.82 Å². The molecule has 0 saturated carbocycles. The molecule has 0 radical (unpaired) electrons. The average Bonchev–Trinajstić information content (AvgIpc) is 2.45. The van der Waals surface area contributed by atoms with Gasteiger partial charge in [0.1, 0.15) is 0 Å². The van der Waals surface area contributed by atoms with E-state index in [-0.39, 0.29) is 17.0 Å². The first-order chi connectivity index (χ1) is 11.6. The second kappa shape index (κ2) is 20.3. The van der Waals surface area contributed by atoms with Gasteiger partial charge in [-0.2, -0.15) is 0 Å². The van der Waals surface area contributed by atoms with Crippen LogP contribution in [-0.4, -0.2) is 46.9 Å². The maximum Gasteiger partial charge on any atom is 0.466 e. The summed E-state index contributed by atoms with van der Waals surface area (Å²) in [5, 5.41) is 0. The Morgan fingerprint density at radius 2 is 0.846 bits per heavy atom. The summed E-state index contributed by atoms with van der Waals surface area (Å²) in [6, 6.07) is 0. The van der Waals surface area contributed by atoms with Gasteiger partial charge in [-0.3, -0.25) is 0 Å². The molecule has 0 aromatic heterocycles. The van der Waals surface area contributed by atoms with Crippen molar-refractivity contribution in [2.45, 2.75) is 96.8 Å². The zero-order chi connectivity index (χ0) is 19.6. The van der Waals surface area contributed by atoms with Gasteiger partial charge in [-0.05, 0) is 12.8 Å². The summed E-state index contributed by atoms with van der Waals surface area (Å²) >= 11 is 0. The molecule has 0 rings (SSSR count). The van der Waals surface area contributed by atoms with Crippen molar-refractivity contribution in [1.82, 2.24) is 0 Å². The smallest absolute Gasteiger partial charge is 0.466 e. The predicted octanol–water partition coefficient (Wildman–Crippen LogP) is 2.25. The van der Waals surface area contributed by atoms with Gasteiger partial charge in [0.25, 0.3) is 0 Å². The fraction of sp³-hybridized carbons (Fsp3) is 1.00. The van der Waals surface area contributed by atoms with E-state index >= 15 is 0 Å². The Morgan fingerprint density at radius 3 is 1.08 bits per heavy atom. The lowest BCUT2D eigenvalue weighted by molar-refractivity contribution is -0.870. The Bertz CT molecular complexity index is 311. The largest absolute Gasteiger partial charge is 1.00 e. The van der Waals surface area contributed by atoms with Crippen LogP contribution < -0.4 is 17.0 Å². The second-order valence-electron chi connectivity index (χ2n) is 8.12. The summed E-state index contributed by atoms with van der Waals surface area (Å²) in [5.74, 6) is 0. The van der Waals surface area contributed by atoms with Crippen LogP contribution in [0, 0.1) is 0 Å². The SMILES string of the molecule is CCCCCCCCCCCCCCCC[N+](C)(C)C.O=P(O)(O)O.[Br-]. The van der Waals surface area contributed by atoms with Crippen LogP contribution in [0.4, 0.5) is 0 Å². The minimum absolute atomic E-state index is 0. The Hall–Kier alpha value is 0.550. The van der Waals surface area contributed by atoms with Gasteiger partial charge in [0.05, 0.1) is 27.7 Å². The number of unbranched alkanes of at least 4 members (excludes halogenated alkanes) is 13. The van der Waals surface area contributed by atoms with E-state index in [1.165, 1.54) is 96.4 Å². The molecule has 26 heavy (non-hydrogen) atoms. The summed E-state index contributed by atoms with van der Waals surface area (Å²) in [7, 11) is 2.24. The normalized spacial score (nSPS) is 11.5. The summed E-state index contributed by atoms with van der Waals surface area (Å²) in [4.78, 5) is 21.6. The quantitative estimate of drug-likeness (QED) is 0.198. The molecule has 7 heteroatoms. The molecule has 0 bridgehead atoms. The monoisotopic (exact) mass is 461 g/mol. The number of halogens is 1. The van der Waals surface area contributed by atoms with Crippen LogP contribution >= 0.6 is 7.82 Å². The molecular weight excluding hydrogens is 417 g/mol. The van der Waals surface area contributed by atoms with Crippen molar-refractivity contribution in [3.63, 3.8) is 0 Å². The lowest BCUT2D eigenvalue weighted by Crippen LogP contribution is -3.00. The molecule has 0 spiro atoms. The molecule has 0 aromatic carbocycles. The third-order valence-electron chi connectivity index (χ3n) is 4.18. The van der Waals surface area contributed by atoms with Crippen LogP contribution in [0.3, 0.4) is 0 Å². The van der Waals surface area contributed by atoms with Crippen molar-refractivity contribution in [1.29, 1.82) is 0 Å². The van der Waals surface area contributed by atoms with Gasteiger partial charge in [0.2, 0.25) is 0 Å². The van der Waals surface area contributed by atoms with E-state index in [4.69, 9.17) is 19.2 Å². The highest BCUT2D eigenvalue weighted by molar-refractivity contribution is 7.45.